The Hall–Kier alpha value is -4.26. The molecule has 0 radical (unpaired) electrons. The lowest BCUT2D eigenvalue weighted by Gasteiger charge is -2.17. The van der Waals surface area contributed by atoms with Gasteiger partial charge in [0.05, 0.1) is 17.1 Å². The van der Waals surface area contributed by atoms with Crippen LogP contribution in [0.5, 0.6) is 5.75 Å². The number of carbonyl (C=O) groups is 1. The van der Waals surface area contributed by atoms with Crippen molar-refractivity contribution in [1.29, 1.82) is 0 Å². The molecule has 1 heterocycles. The number of anilines is 3. The van der Waals surface area contributed by atoms with E-state index < -0.39 is 0 Å². The van der Waals surface area contributed by atoms with E-state index in [0.29, 0.717) is 11.5 Å². The highest BCUT2D eigenvalue weighted by Gasteiger charge is 2.20. The Morgan fingerprint density at radius 3 is 2.00 bits per heavy atom. The molecule has 7 heteroatoms. The van der Waals surface area contributed by atoms with Crippen molar-refractivity contribution in [3.8, 4) is 39.7 Å². The van der Waals surface area contributed by atoms with E-state index in [2.05, 4.69) is 39.5 Å². The van der Waals surface area contributed by atoms with E-state index in [1.165, 1.54) is 6.92 Å². The van der Waals surface area contributed by atoms with E-state index in [4.69, 9.17) is 4.98 Å². The number of aryl methyl sites for hydroxylation is 2. The Morgan fingerprint density at radius 1 is 0.861 bits per heavy atom. The summed E-state index contributed by atoms with van der Waals surface area (Å²) in [4.78, 5) is 24.7. The molecule has 0 aliphatic carbocycles. The first-order valence-corrected chi connectivity index (χ1v) is 11.8. The minimum Gasteiger partial charge on any atom is -0.507 e. The van der Waals surface area contributed by atoms with Crippen LogP contribution in [0, 0.1) is 13.8 Å². The van der Waals surface area contributed by atoms with Crippen molar-refractivity contribution in [3.05, 3.63) is 65.7 Å². The first-order chi connectivity index (χ1) is 17.0. The molecule has 0 aliphatic heterocycles. The van der Waals surface area contributed by atoms with E-state index in [1.54, 1.807) is 0 Å². The van der Waals surface area contributed by atoms with Gasteiger partial charge >= 0.3 is 0 Å². The van der Waals surface area contributed by atoms with Gasteiger partial charge in [-0.2, -0.15) is 0 Å². The molecule has 4 rings (SSSR count). The molecule has 3 aromatic carbocycles. The Kier molecular flexibility index (Phi) is 6.75. The number of imidazole rings is 1. The summed E-state index contributed by atoms with van der Waals surface area (Å²) in [6, 6.07) is 18.1. The molecule has 0 atom stereocenters. The molecule has 7 nitrogen and oxygen atoms in total. The van der Waals surface area contributed by atoms with Gasteiger partial charge in [-0.25, -0.2) is 4.98 Å². The third-order valence-corrected chi connectivity index (χ3v) is 6.23. The minimum atomic E-state index is -0.149. The number of phenolic OH excluding ortho intramolecular Hbond substituents is 1. The van der Waals surface area contributed by atoms with Crippen molar-refractivity contribution in [1.82, 2.24) is 9.97 Å². The summed E-state index contributed by atoms with van der Waals surface area (Å²) in [5.41, 5.74) is 8.59. The number of rotatable bonds is 6. The van der Waals surface area contributed by atoms with Gasteiger partial charge in [0.25, 0.3) is 0 Å². The number of hydrogen-bond acceptors (Lipinski definition) is 5. The zero-order chi connectivity index (χ0) is 26.1. The van der Waals surface area contributed by atoms with Crippen molar-refractivity contribution in [3.63, 3.8) is 0 Å². The van der Waals surface area contributed by atoms with Crippen LogP contribution in [-0.2, 0) is 4.79 Å². The van der Waals surface area contributed by atoms with Crippen LogP contribution in [-0.4, -0.2) is 49.2 Å². The fourth-order valence-corrected chi connectivity index (χ4v) is 4.24. The van der Waals surface area contributed by atoms with Gasteiger partial charge < -0.3 is 25.2 Å². The largest absolute Gasteiger partial charge is 0.507 e. The number of nitrogens with one attached hydrogen (secondary N) is 2. The van der Waals surface area contributed by atoms with Gasteiger partial charge in [-0.05, 0) is 67.4 Å². The second kappa shape index (κ2) is 9.77. The maximum absolute atomic E-state index is 12.1. The van der Waals surface area contributed by atoms with Gasteiger partial charge in [0.15, 0.2) is 0 Å². The maximum Gasteiger partial charge on any atom is 0.221 e. The van der Waals surface area contributed by atoms with Gasteiger partial charge in [0, 0.05) is 63.2 Å². The molecule has 0 saturated heterocycles. The quantitative estimate of drug-likeness (QED) is 0.322. The lowest BCUT2D eigenvalue weighted by molar-refractivity contribution is -0.114. The summed E-state index contributed by atoms with van der Waals surface area (Å²) in [7, 11) is 7.95. The fourth-order valence-electron chi connectivity index (χ4n) is 4.24. The number of H-pyrrole nitrogens is 1. The van der Waals surface area contributed by atoms with E-state index in [9.17, 15) is 9.90 Å². The average Bonchev–Trinajstić information content (AvgIpc) is 3.27. The summed E-state index contributed by atoms with van der Waals surface area (Å²) < 4.78 is 0. The standard InChI is InChI=1S/C29H33N5O2/c1-17-14-21(15-18(2)28(17)36)29-31-26(20-8-10-22(11-9-20)33(4)5)27(32-29)24-13-12-23(34(6)7)16-25(24)30-19(3)35/h8-16,36H,1-7H3,(H,30,35)(H,31,32). The average molecular weight is 484 g/mol. The molecular weight excluding hydrogens is 450 g/mol. The highest BCUT2D eigenvalue weighted by molar-refractivity contribution is 5.97. The van der Waals surface area contributed by atoms with Crippen LogP contribution in [0.15, 0.2) is 54.6 Å². The van der Waals surface area contributed by atoms with Gasteiger partial charge in [-0.1, -0.05) is 12.1 Å². The molecule has 0 saturated carbocycles. The number of phenols is 1. The van der Waals surface area contributed by atoms with Crippen LogP contribution < -0.4 is 15.1 Å². The predicted molar refractivity (Wildman–Crippen MR) is 149 cm³/mol. The molecule has 0 unspecified atom stereocenters. The second-order valence-corrected chi connectivity index (χ2v) is 9.51. The van der Waals surface area contributed by atoms with Gasteiger partial charge in [0.1, 0.15) is 11.6 Å². The molecule has 0 fully saturated rings. The first-order valence-electron chi connectivity index (χ1n) is 11.8. The Morgan fingerprint density at radius 2 is 1.44 bits per heavy atom. The molecular formula is C29H33N5O2. The van der Waals surface area contributed by atoms with Crippen molar-refractivity contribution in [2.45, 2.75) is 20.8 Å². The lowest BCUT2D eigenvalue weighted by atomic mass is 10.0. The third kappa shape index (κ3) is 4.91. The normalized spacial score (nSPS) is 10.9. The number of aromatic hydroxyl groups is 1. The molecule has 1 aromatic heterocycles. The number of amides is 1. The maximum atomic E-state index is 12.1. The van der Waals surface area contributed by atoms with E-state index in [1.807, 2.05) is 77.3 Å². The summed E-state index contributed by atoms with van der Waals surface area (Å²) in [6.45, 7) is 5.27. The lowest BCUT2D eigenvalue weighted by Crippen LogP contribution is -2.11. The van der Waals surface area contributed by atoms with Crippen molar-refractivity contribution in [2.24, 2.45) is 0 Å². The number of aromatic nitrogens is 2. The number of hydrogen-bond donors (Lipinski definition) is 3. The first kappa shape index (κ1) is 24.9. The van der Waals surface area contributed by atoms with Crippen molar-refractivity contribution >= 4 is 23.0 Å². The van der Waals surface area contributed by atoms with Gasteiger partial charge in [0.2, 0.25) is 5.91 Å². The molecule has 0 bridgehead atoms. The smallest absolute Gasteiger partial charge is 0.221 e. The predicted octanol–water partition coefficient (Wildman–Crippen LogP) is 5.82. The molecule has 0 aliphatic rings. The third-order valence-electron chi connectivity index (χ3n) is 6.23. The summed E-state index contributed by atoms with van der Waals surface area (Å²) in [5, 5.41) is 13.3. The molecule has 0 spiro atoms. The highest BCUT2D eigenvalue weighted by atomic mass is 16.3. The van der Waals surface area contributed by atoms with E-state index in [0.717, 1.165) is 50.6 Å². The monoisotopic (exact) mass is 483 g/mol. The minimum absolute atomic E-state index is 0.149. The van der Waals surface area contributed by atoms with E-state index in [-0.39, 0.29) is 11.7 Å². The Balaban J connectivity index is 1.95. The number of benzene rings is 3. The topological polar surface area (TPSA) is 84.5 Å². The number of carbonyl (C=O) groups excluding carboxylic acids is 1. The van der Waals surface area contributed by atoms with Crippen molar-refractivity contribution < 1.29 is 9.90 Å². The second-order valence-electron chi connectivity index (χ2n) is 9.51. The highest BCUT2D eigenvalue weighted by Crippen LogP contribution is 2.39. The Labute approximate surface area is 212 Å². The van der Waals surface area contributed by atoms with Crippen LogP contribution in [0.2, 0.25) is 0 Å². The van der Waals surface area contributed by atoms with E-state index >= 15 is 0 Å². The zero-order valence-electron chi connectivity index (χ0n) is 21.9. The summed E-state index contributed by atoms with van der Waals surface area (Å²) >= 11 is 0. The molecule has 1 amide bonds. The van der Waals surface area contributed by atoms with Crippen LogP contribution in [0.1, 0.15) is 18.1 Å². The molecule has 4 aromatic rings. The summed E-state index contributed by atoms with van der Waals surface area (Å²) in [5.74, 6) is 0.829. The number of nitrogens with zero attached hydrogens (tertiary/aromatic N) is 3. The molecule has 36 heavy (non-hydrogen) atoms. The summed E-state index contributed by atoms with van der Waals surface area (Å²) in [6.07, 6.45) is 0. The Bertz CT molecular complexity index is 1400. The van der Waals surface area contributed by atoms with Crippen LogP contribution in [0.3, 0.4) is 0 Å². The van der Waals surface area contributed by atoms with Crippen LogP contribution in [0.25, 0.3) is 33.9 Å². The number of aromatic amines is 1. The molecule has 186 valence electrons. The van der Waals surface area contributed by atoms with Crippen LogP contribution >= 0.6 is 0 Å². The zero-order valence-corrected chi connectivity index (χ0v) is 21.9. The van der Waals surface area contributed by atoms with Crippen LogP contribution in [0.4, 0.5) is 17.1 Å². The SMILES string of the molecule is CC(=O)Nc1cc(N(C)C)ccc1-c1nc(-c2cc(C)c(O)c(C)c2)[nH]c1-c1ccc(N(C)C)cc1. The van der Waals surface area contributed by atoms with Gasteiger partial charge in [-0.3, -0.25) is 4.79 Å². The van der Waals surface area contributed by atoms with Gasteiger partial charge in [-0.15, -0.1) is 0 Å². The van der Waals surface area contributed by atoms with Crippen molar-refractivity contribution in [2.75, 3.05) is 43.3 Å². The molecule has 3 N–H and O–H groups in total. The fraction of sp³-hybridized carbons (Fsp3) is 0.241.